The van der Waals surface area contributed by atoms with E-state index in [1.165, 1.54) is 6.42 Å². The van der Waals surface area contributed by atoms with Crippen LogP contribution in [-0.4, -0.2) is 12.9 Å². The van der Waals surface area contributed by atoms with E-state index in [9.17, 15) is 0 Å². The lowest BCUT2D eigenvalue weighted by molar-refractivity contribution is -0.136. The molecule has 2 rings (SSSR count). The lowest BCUT2D eigenvalue weighted by Crippen LogP contribution is -2.32. The van der Waals surface area contributed by atoms with Crippen molar-refractivity contribution in [3.8, 4) is 0 Å². The second-order valence-corrected chi connectivity index (χ2v) is 7.92. The van der Waals surface area contributed by atoms with Crippen LogP contribution in [0.3, 0.4) is 0 Å². The van der Waals surface area contributed by atoms with Crippen molar-refractivity contribution >= 4 is 0 Å². The highest BCUT2D eigenvalue weighted by molar-refractivity contribution is 5.20. The topological polar surface area (TPSA) is 18.5 Å². The molecule has 2 heteroatoms. The Morgan fingerprint density at radius 1 is 1.24 bits per heavy atom. The molecule has 0 N–H and O–H groups in total. The van der Waals surface area contributed by atoms with Crippen molar-refractivity contribution in [3.05, 3.63) is 24.0 Å². The van der Waals surface area contributed by atoms with Gasteiger partial charge in [-0.05, 0) is 54.6 Å². The van der Waals surface area contributed by atoms with E-state index in [-0.39, 0.29) is 6.29 Å². The Morgan fingerprint density at radius 3 is 2.57 bits per heavy atom. The Labute approximate surface area is 130 Å². The monoisotopic (exact) mass is 292 g/mol. The minimum Gasteiger partial charge on any atom is -0.465 e. The van der Waals surface area contributed by atoms with Crippen LogP contribution in [0.25, 0.3) is 0 Å². The normalized spacial score (nSPS) is 28.4. The summed E-state index contributed by atoms with van der Waals surface area (Å²) in [6.45, 7) is 12.6. The molecular formula is C19H32O2. The minimum absolute atomic E-state index is 0.0412. The standard InChI is InChI=1S/C19H32O2/c1-14(2)18(19(3,4)5)15-9-8-10-16(13-15)21-17-11-6-7-12-20-17/h8,10,13-15,17-18H,6-7,9,11-12H2,1-5H3. The molecule has 0 radical (unpaired) electrons. The quantitative estimate of drug-likeness (QED) is 0.699. The number of allylic oxidation sites excluding steroid dienone is 3. The first-order valence-corrected chi connectivity index (χ1v) is 8.54. The third-order valence-electron chi connectivity index (χ3n) is 4.65. The van der Waals surface area contributed by atoms with Crippen molar-refractivity contribution in [3.63, 3.8) is 0 Å². The molecule has 0 bridgehead atoms. The third-order valence-corrected chi connectivity index (χ3v) is 4.65. The molecule has 1 fully saturated rings. The summed E-state index contributed by atoms with van der Waals surface area (Å²) in [6, 6.07) is 0. The maximum atomic E-state index is 6.06. The molecule has 0 spiro atoms. The van der Waals surface area contributed by atoms with Crippen LogP contribution in [0.15, 0.2) is 24.0 Å². The van der Waals surface area contributed by atoms with Gasteiger partial charge in [-0.25, -0.2) is 0 Å². The summed E-state index contributed by atoms with van der Waals surface area (Å²) in [7, 11) is 0. The van der Waals surface area contributed by atoms with Gasteiger partial charge < -0.3 is 9.47 Å². The van der Waals surface area contributed by atoms with Crippen molar-refractivity contribution in [1.29, 1.82) is 0 Å². The van der Waals surface area contributed by atoms with Crippen LogP contribution in [0, 0.1) is 23.2 Å². The van der Waals surface area contributed by atoms with E-state index in [0.717, 1.165) is 31.6 Å². The number of rotatable bonds is 4. The molecule has 0 aromatic rings. The number of hydrogen-bond acceptors (Lipinski definition) is 2. The molecule has 0 aromatic carbocycles. The molecule has 1 heterocycles. The zero-order chi connectivity index (χ0) is 15.5. The summed E-state index contributed by atoms with van der Waals surface area (Å²) in [4.78, 5) is 0. The summed E-state index contributed by atoms with van der Waals surface area (Å²) in [5, 5.41) is 0. The Kier molecular flexibility index (Phi) is 5.54. The van der Waals surface area contributed by atoms with Crippen LogP contribution < -0.4 is 0 Å². The van der Waals surface area contributed by atoms with Crippen molar-refractivity contribution in [2.45, 2.75) is 66.6 Å². The number of ether oxygens (including phenoxy) is 2. The average molecular weight is 292 g/mol. The van der Waals surface area contributed by atoms with Crippen LogP contribution >= 0.6 is 0 Å². The predicted octanol–water partition coefficient (Wildman–Crippen LogP) is 5.31. The van der Waals surface area contributed by atoms with Gasteiger partial charge in [0, 0.05) is 6.42 Å². The molecular weight excluding hydrogens is 260 g/mol. The van der Waals surface area contributed by atoms with Crippen LogP contribution in [0.5, 0.6) is 0 Å². The molecule has 21 heavy (non-hydrogen) atoms. The molecule has 0 saturated carbocycles. The van der Waals surface area contributed by atoms with Gasteiger partial charge in [-0.15, -0.1) is 0 Å². The van der Waals surface area contributed by atoms with Gasteiger partial charge in [-0.2, -0.15) is 0 Å². The Balaban J connectivity index is 2.05. The Hall–Kier alpha value is -0.760. The van der Waals surface area contributed by atoms with Crippen LogP contribution in [0.2, 0.25) is 0 Å². The van der Waals surface area contributed by atoms with Crippen LogP contribution in [-0.2, 0) is 9.47 Å². The van der Waals surface area contributed by atoms with Gasteiger partial charge in [0.25, 0.3) is 0 Å². The molecule has 1 aliphatic heterocycles. The van der Waals surface area contributed by atoms with Crippen molar-refractivity contribution < 1.29 is 9.47 Å². The molecule has 0 aromatic heterocycles. The van der Waals surface area contributed by atoms with E-state index >= 15 is 0 Å². The fourth-order valence-corrected chi connectivity index (χ4v) is 4.10. The lowest BCUT2D eigenvalue weighted by Gasteiger charge is -2.40. The van der Waals surface area contributed by atoms with Crippen LogP contribution in [0.4, 0.5) is 0 Å². The van der Waals surface area contributed by atoms with Gasteiger partial charge in [0.15, 0.2) is 6.29 Å². The second kappa shape index (κ2) is 7.00. The molecule has 0 amide bonds. The molecule has 120 valence electrons. The van der Waals surface area contributed by atoms with E-state index in [4.69, 9.17) is 9.47 Å². The zero-order valence-electron chi connectivity index (χ0n) is 14.4. The highest BCUT2D eigenvalue weighted by Crippen LogP contribution is 2.41. The fraction of sp³-hybridized carbons (Fsp3) is 0.789. The Bertz CT molecular complexity index is 381. The summed E-state index contributed by atoms with van der Waals surface area (Å²) in [5.74, 6) is 2.90. The average Bonchev–Trinajstić information content (AvgIpc) is 2.38. The van der Waals surface area contributed by atoms with Gasteiger partial charge in [0.1, 0.15) is 5.76 Å². The Morgan fingerprint density at radius 2 is 2.00 bits per heavy atom. The maximum Gasteiger partial charge on any atom is 0.199 e. The molecule has 1 aliphatic carbocycles. The van der Waals surface area contributed by atoms with Gasteiger partial charge in [0.2, 0.25) is 0 Å². The molecule has 2 nitrogen and oxygen atoms in total. The molecule has 2 aliphatic rings. The maximum absolute atomic E-state index is 6.06. The van der Waals surface area contributed by atoms with Crippen molar-refractivity contribution in [2.75, 3.05) is 6.61 Å². The van der Waals surface area contributed by atoms with Gasteiger partial charge >= 0.3 is 0 Å². The minimum atomic E-state index is -0.0412. The zero-order valence-corrected chi connectivity index (χ0v) is 14.4. The van der Waals surface area contributed by atoms with Gasteiger partial charge in [0.05, 0.1) is 6.61 Å². The van der Waals surface area contributed by atoms with Crippen LogP contribution in [0.1, 0.15) is 60.3 Å². The summed E-state index contributed by atoms with van der Waals surface area (Å²) >= 11 is 0. The van der Waals surface area contributed by atoms with E-state index in [1.54, 1.807) is 0 Å². The fourth-order valence-electron chi connectivity index (χ4n) is 4.10. The summed E-state index contributed by atoms with van der Waals surface area (Å²) in [5.41, 5.74) is 0.312. The lowest BCUT2D eigenvalue weighted by atomic mass is 9.66. The van der Waals surface area contributed by atoms with Crippen molar-refractivity contribution in [1.82, 2.24) is 0 Å². The van der Waals surface area contributed by atoms with E-state index in [2.05, 4.69) is 52.8 Å². The first kappa shape index (κ1) is 16.6. The number of hydrogen-bond donors (Lipinski definition) is 0. The molecule has 3 atom stereocenters. The van der Waals surface area contributed by atoms with E-state index in [1.807, 2.05) is 0 Å². The molecule has 1 saturated heterocycles. The van der Waals surface area contributed by atoms with E-state index in [0.29, 0.717) is 23.2 Å². The molecule has 3 unspecified atom stereocenters. The smallest absolute Gasteiger partial charge is 0.199 e. The van der Waals surface area contributed by atoms with Gasteiger partial charge in [-0.3, -0.25) is 0 Å². The summed E-state index contributed by atoms with van der Waals surface area (Å²) in [6.07, 6.45) is 11.2. The largest absolute Gasteiger partial charge is 0.465 e. The predicted molar refractivity (Wildman–Crippen MR) is 87.8 cm³/mol. The highest BCUT2D eigenvalue weighted by Gasteiger charge is 2.34. The van der Waals surface area contributed by atoms with Crippen molar-refractivity contribution in [2.24, 2.45) is 23.2 Å². The highest BCUT2D eigenvalue weighted by atomic mass is 16.7. The van der Waals surface area contributed by atoms with Gasteiger partial charge in [-0.1, -0.05) is 40.7 Å². The second-order valence-electron chi connectivity index (χ2n) is 7.92. The summed E-state index contributed by atoms with van der Waals surface area (Å²) < 4.78 is 11.8. The first-order valence-electron chi connectivity index (χ1n) is 8.54. The SMILES string of the molecule is CC(C)C(C1C=C(OC2CCCCO2)C=CC1)C(C)(C)C. The first-order chi connectivity index (χ1) is 9.88. The van der Waals surface area contributed by atoms with E-state index < -0.39 is 0 Å². The third kappa shape index (κ3) is 4.60.